The van der Waals surface area contributed by atoms with E-state index in [4.69, 9.17) is 4.74 Å². The van der Waals surface area contributed by atoms with Gasteiger partial charge >= 0.3 is 5.97 Å². The number of benzene rings is 1. The molecule has 1 aromatic heterocycles. The molecule has 6 rings (SSSR count). The topological polar surface area (TPSA) is 83.8 Å². The van der Waals surface area contributed by atoms with E-state index in [-0.39, 0.29) is 23.7 Å². The summed E-state index contributed by atoms with van der Waals surface area (Å²) in [5.74, 6) is 0.553. The Bertz CT molecular complexity index is 1040. The second-order valence-corrected chi connectivity index (χ2v) is 10.8. The first kappa shape index (κ1) is 24.9. The lowest BCUT2D eigenvalue weighted by molar-refractivity contribution is -0.152. The van der Waals surface area contributed by atoms with Crippen LogP contribution in [0.15, 0.2) is 36.5 Å². The highest BCUT2D eigenvalue weighted by Gasteiger charge is 2.45. The summed E-state index contributed by atoms with van der Waals surface area (Å²) >= 11 is 0. The summed E-state index contributed by atoms with van der Waals surface area (Å²) in [6, 6.07) is 10.9. The molecule has 1 aromatic carbocycles. The molecule has 9 nitrogen and oxygen atoms in total. The molecule has 0 spiro atoms. The summed E-state index contributed by atoms with van der Waals surface area (Å²) in [6.07, 6.45) is 5.59. The van der Waals surface area contributed by atoms with Crippen LogP contribution in [0.25, 0.3) is 0 Å². The highest BCUT2D eigenvalue weighted by Crippen LogP contribution is 2.38. The van der Waals surface area contributed by atoms with E-state index in [1.165, 1.54) is 12.7 Å². The number of nitrogens with zero attached hydrogens (tertiary/aromatic N) is 6. The molecule has 4 atom stereocenters. The Hall–Kier alpha value is -2.78. The highest BCUT2D eigenvalue weighted by atomic mass is 16.5. The molecular weight excluding hydrogens is 456 g/mol. The van der Waals surface area contributed by atoms with Crippen molar-refractivity contribution in [2.45, 2.75) is 51.4 Å². The van der Waals surface area contributed by atoms with E-state index >= 15 is 0 Å². The van der Waals surface area contributed by atoms with Gasteiger partial charge in [0.05, 0.1) is 31.2 Å². The SMILES string of the molecule is COC(=O)C1CCN(C(=O)C2CN3CCC2CC3Cn2cc(CN(C)Cc3ccccc3)nn2)CC1. The lowest BCUT2D eigenvalue weighted by atomic mass is 9.74. The van der Waals surface area contributed by atoms with Crippen molar-refractivity contribution < 1.29 is 14.3 Å². The number of hydrogen-bond donors (Lipinski definition) is 0. The Kier molecular flexibility index (Phi) is 7.67. The number of carbonyl (C=O) groups is 2. The fourth-order valence-electron chi connectivity index (χ4n) is 6.29. The Morgan fingerprint density at radius 3 is 2.56 bits per heavy atom. The number of fused-ring (bicyclic) bond motifs is 3. The first-order chi connectivity index (χ1) is 17.5. The Balaban J connectivity index is 1.11. The Morgan fingerprint density at radius 2 is 1.86 bits per heavy atom. The average Bonchev–Trinajstić information content (AvgIpc) is 3.35. The van der Waals surface area contributed by atoms with Crippen molar-refractivity contribution in [3.8, 4) is 0 Å². The van der Waals surface area contributed by atoms with Gasteiger partial charge in [0.2, 0.25) is 5.91 Å². The van der Waals surface area contributed by atoms with Gasteiger partial charge in [-0.2, -0.15) is 0 Å². The van der Waals surface area contributed by atoms with Crippen LogP contribution in [-0.2, 0) is 34.0 Å². The average molecular weight is 495 g/mol. The molecule has 2 bridgehead atoms. The summed E-state index contributed by atoms with van der Waals surface area (Å²) in [5, 5.41) is 8.82. The van der Waals surface area contributed by atoms with E-state index in [0.717, 1.165) is 51.3 Å². The third kappa shape index (κ3) is 5.62. The molecule has 4 aliphatic rings. The zero-order chi connectivity index (χ0) is 25.1. The van der Waals surface area contributed by atoms with Gasteiger partial charge in [0, 0.05) is 45.0 Å². The lowest BCUT2D eigenvalue weighted by Crippen LogP contribution is -2.59. The van der Waals surface area contributed by atoms with E-state index in [2.05, 4.69) is 57.6 Å². The number of rotatable bonds is 8. The van der Waals surface area contributed by atoms with Gasteiger partial charge in [0.1, 0.15) is 0 Å². The van der Waals surface area contributed by atoms with Crippen LogP contribution in [0.3, 0.4) is 0 Å². The number of ether oxygens (including phenoxy) is 1. The molecule has 0 radical (unpaired) electrons. The molecule has 1 amide bonds. The fourth-order valence-corrected chi connectivity index (χ4v) is 6.29. The molecule has 0 N–H and O–H groups in total. The van der Waals surface area contributed by atoms with Crippen molar-refractivity contribution in [2.24, 2.45) is 17.8 Å². The number of piperidine rings is 4. The van der Waals surface area contributed by atoms with Gasteiger partial charge in [0.15, 0.2) is 0 Å². The van der Waals surface area contributed by atoms with Crippen molar-refractivity contribution in [2.75, 3.05) is 40.3 Å². The van der Waals surface area contributed by atoms with Gasteiger partial charge < -0.3 is 9.64 Å². The van der Waals surface area contributed by atoms with Crippen molar-refractivity contribution in [3.05, 3.63) is 47.8 Å². The summed E-state index contributed by atoms with van der Waals surface area (Å²) in [7, 11) is 3.54. The van der Waals surface area contributed by atoms with Crippen LogP contribution in [0.2, 0.25) is 0 Å². The van der Waals surface area contributed by atoms with Crippen molar-refractivity contribution in [3.63, 3.8) is 0 Å². The quantitative estimate of drug-likeness (QED) is 0.519. The number of aromatic nitrogens is 3. The first-order valence-electron chi connectivity index (χ1n) is 13.2. The van der Waals surface area contributed by atoms with E-state index in [1.54, 1.807) is 0 Å². The van der Waals surface area contributed by atoms with Crippen LogP contribution < -0.4 is 0 Å². The van der Waals surface area contributed by atoms with E-state index < -0.39 is 0 Å². The molecule has 0 saturated carbocycles. The maximum atomic E-state index is 13.3. The van der Waals surface area contributed by atoms with Crippen LogP contribution in [-0.4, -0.2) is 87.9 Å². The minimum absolute atomic E-state index is 0.0688. The smallest absolute Gasteiger partial charge is 0.308 e. The molecule has 4 aliphatic heterocycles. The monoisotopic (exact) mass is 494 g/mol. The molecule has 0 aliphatic carbocycles. The van der Waals surface area contributed by atoms with Gasteiger partial charge in [0.25, 0.3) is 0 Å². The molecule has 4 fully saturated rings. The molecule has 194 valence electrons. The van der Waals surface area contributed by atoms with Gasteiger partial charge in [-0.3, -0.25) is 24.1 Å². The van der Waals surface area contributed by atoms with E-state index in [0.29, 0.717) is 37.9 Å². The predicted molar refractivity (Wildman–Crippen MR) is 135 cm³/mol. The largest absolute Gasteiger partial charge is 0.469 e. The number of methoxy groups -OCH3 is 1. The third-order valence-electron chi connectivity index (χ3n) is 8.25. The normalized spacial score (nSPS) is 26.4. The van der Waals surface area contributed by atoms with E-state index in [9.17, 15) is 9.59 Å². The van der Waals surface area contributed by atoms with E-state index in [1.807, 2.05) is 15.6 Å². The van der Waals surface area contributed by atoms with Gasteiger partial charge in [-0.15, -0.1) is 5.10 Å². The second-order valence-electron chi connectivity index (χ2n) is 10.8. The molecule has 4 saturated heterocycles. The standard InChI is InChI=1S/C27H38N6O3/c1-30(15-20-6-4-3-5-7-20)16-23-17-33(29-28-23)18-24-14-22-10-13-32(24)19-25(22)26(34)31-11-8-21(9-12-31)27(35)36-2/h3-7,17,21-22,24-25H,8-16,18-19H2,1-2H3. The van der Waals surface area contributed by atoms with Gasteiger partial charge in [-0.25, -0.2) is 0 Å². The summed E-state index contributed by atoms with van der Waals surface area (Å²) < 4.78 is 6.86. The van der Waals surface area contributed by atoms with Crippen LogP contribution >= 0.6 is 0 Å². The summed E-state index contributed by atoms with van der Waals surface area (Å²) in [4.78, 5) is 31.9. The Morgan fingerprint density at radius 1 is 1.08 bits per heavy atom. The number of esters is 1. The van der Waals surface area contributed by atoms with Gasteiger partial charge in [-0.1, -0.05) is 35.5 Å². The van der Waals surface area contributed by atoms with Crippen LogP contribution in [0.1, 0.15) is 36.9 Å². The molecule has 4 unspecified atom stereocenters. The van der Waals surface area contributed by atoms with Crippen LogP contribution in [0, 0.1) is 17.8 Å². The summed E-state index contributed by atoms with van der Waals surface area (Å²) in [5.41, 5.74) is 2.27. The third-order valence-corrected chi connectivity index (χ3v) is 8.25. The van der Waals surface area contributed by atoms with Crippen LogP contribution in [0.4, 0.5) is 0 Å². The molecule has 36 heavy (non-hydrogen) atoms. The van der Waals surface area contributed by atoms with Crippen molar-refractivity contribution in [1.29, 1.82) is 0 Å². The molecule has 9 heteroatoms. The maximum Gasteiger partial charge on any atom is 0.308 e. The lowest BCUT2D eigenvalue weighted by Gasteiger charge is -2.50. The van der Waals surface area contributed by atoms with Crippen molar-refractivity contribution in [1.82, 2.24) is 29.7 Å². The predicted octanol–water partition coefficient (Wildman–Crippen LogP) is 2.03. The number of carbonyl (C=O) groups excluding carboxylic acids is 2. The first-order valence-corrected chi connectivity index (χ1v) is 13.2. The number of likely N-dealkylation sites (tertiary alicyclic amines) is 1. The minimum atomic E-state index is -0.146. The molecular formula is C27H38N6O3. The van der Waals surface area contributed by atoms with Gasteiger partial charge in [-0.05, 0) is 50.8 Å². The molecule has 2 aromatic rings. The zero-order valence-electron chi connectivity index (χ0n) is 21.5. The summed E-state index contributed by atoms with van der Waals surface area (Å²) in [6.45, 7) is 5.64. The minimum Gasteiger partial charge on any atom is -0.469 e. The van der Waals surface area contributed by atoms with Crippen molar-refractivity contribution >= 4 is 11.9 Å². The fraction of sp³-hybridized carbons (Fsp3) is 0.630. The Labute approximate surface area is 213 Å². The maximum absolute atomic E-state index is 13.3. The zero-order valence-corrected chi connectivity index (χ0v) is 21.5. The van der Waals surface area contributed by atoms with Crippen LogP contribution in [0.5, 0.6) is 0 Å². The number of hydrogen-bond acceptors (Lipinski definition) is 7. The second kappa shape index (κ2) is 11.1. The highest BCUT2D eigenvalue weighted by molar-refractivity contribution is 5.80. The number of amides is 1. The molecule has 5 heterocycles.